The zero-order valence-electron chi connectivity index (χ0n) is 16.4. The Bertz CT molecular complexity index is 846. The number of thioether (sulfide) groups is 1. The summed E-state index contributed by atoms with van der Waals surface area (Å²) in [5.74, 6) is -1.68. The largest absolute Gasteiger partial charge is 0.460 e. The van der Waals surface area contributed by atoms with Crippen LogP contribution in [0, 0.1) is 11.3 Å². The first-order valence-electron chi connectivity index (χ1n) is 9.17. The number of nitriles is 1. The molecule has 1 aromatic heterocycles. The molecular weight excluding hydrogens is 392 g/mol. The van der Waals surface area contributed by atoms with Crippen molar-refractivity contribution in [2.24, 2.45) is 5.73 Å². The van der Waals surface area contributed by atoms with Gasteiger partial charge in [0.15, 0.2) is 0 Å². The fraction of sp³-hybridized carbons (Fsp3) is 0.400. The summed E-state index contributed by atoms with van der Waals surface area (Å²) in [6.07, 6.45) is 4.10. The Morgan fingerprint density at radius 1 is 1.38 bits per heavy atom. The van der Waals surface area contributed by atoms with Crippen molar-refractivity contribution in [2.45, 2.75) is 26.2 Å². The molecule has 29 heavy (non-hydrogen) atoms. The van der Waals surface area contributed by atoms with Crippen molar-refractivity contribution < 1.29 is 19.1 Å². The van der Waals surface area contributed by atoms with Gasteiger partial charge in [-0.2, -0.15) is 5.26 Å². The molecule has 2 heterocycles. The van der Waals surface area contributed by atoms with Crippen molar-refractivity contribution in [1.82, 2.24) is 10.3 Å². The highest BCUT2D eigenvalue weighted by Gasteiger charge is 2.35. The molecule has 2 rings (SSSR count). The number of carbonyl (C=O) groups excluding carboxylic acids is 2. The van der Waals surface area contributed by atoms with Gasteiger partial charge in [0.25, 0.3) is 0 Å². The lowest BCUT2D eigenvalue weighted by Crippen LogP contribution is -2.30. The molecule has 9 heteroatoms. The van der Waals surface area contributed by atoms with E-state index in [0.29, 0.717) is 40.6 Å². The van der Waals surface area contributed by atoms with E-state index in [0.717, 1.165) is 18.2 Å². The van der Waals surface area contributed by atoms with E-state index in [-0.39, 0.29) is 12.4 Å². The lowest BCUT2D eigenvalue weighted by Gasteiger charge is -2.29. The van der Waals surface area contributed by atoms with Crippen molar-refractivity contribution in [3.05, 3.63) is 52.0 Å². The first-order chi connectivity index (χ1) is 14.0. The molecule has 8 nitrogen and oxygen atoms in total. The molecule has 0 radical (unpaired) electrons. The van der Waals surface area contributed by atoms with Crippen LogP contribution in [0.3, 0.4) is 0 Å². The number of nitrogens with one attached hydrogen (secondary N) is 1. The van der Waals surface area contributed by atoms with E-state index in [4.69, 9.17) is 15.2 Å². The number of dihydropyridines is 1. The molecule has 1 amide bonds. The van der Waals surface area contributed by atoms with Gasteiger partial charge in [-0.3, -0.25) is 9.78 Å². The summed E-state index contributed by atoms with van der Waals surface area (Å²) in [5.41, 5.74) is 7.10. The van der Waals surface area contributed by atoms with Crippen molar-refractivity contribution >= 4 is 23.6 Å². The third-order valence-electron chi connectivity index (χ3n) is 4.05. The second kappa shape index (κ2) is 11.2. The minimum Gasteiger partial charge on any atom is -0.460 e. The number of pyridine rings is 1. The maximum Gasteiger partial charge on any atom is 0.336 e. The Hall–Kier alpha value is -2.83. The number of allylic oxidation sites excluding steroid dienone is 2. The zero-order valence-corrected chi connectivity index (χ0v) is 17.3. The highest BCUT2D eigenvalue weighted by molar-refractivity contribution is 8.03. The summed E-state index contributed by atoms with van der Waals surface area (Å²) < 4.78 is 10.7. The summed E-state index contributed by atoms with van der Waals surface area (Å²) in [6, 6.07) is 5.69. The molecule has 0 bridgehead atoms. The molecule has 0 aromatic carbocycles. The first-order valence-corrected chi connectivity index (χ1v) is 10.2. The van der Waals surface area contributed by atoms with Gasteiger partial charge >= 0.3 is 5.97 Å². The van der Waals surface area contributed by atoms with Crippen LogP contribution in [0.25, 0.3) is 0 Å². The van der Waals surface area contributed by atoms with Crippen LogP contribution in [-0.2, 0) is 19.1 Å². The number of ether oxygens (including phenoxy) is 2. The maximum atomic E-state index is 12.9. The van der Waals surface area contributed by atoms with E-state index in [9.17, 15) is 14.9 Å². The number of hydrogen-bond donors (Lipinski definition) is 2. The van der Waals surface area contributed by atoms with Gasteiger partial charge in [0.1, 0.15) is 6.61 Å². The predicted octanol–water partition coefficient (Wildman–Crippen LogP) is 1.97. The van der Waals surface area contributed by atoms with E-state index in [1.807, 2.05) is 6.92 Å². The monoisotopic (exact) mass is 416 g/mol. The second-order valence-corrected chi connectivity index (χ2v) is 7.23. The van der Waals surface area contributed by atoms with Crippen LogP contribution in [0.15, 0.2) is 46.4 Å². The third-order valence-corrected chi connectivity index (χ3v) is 5.09. The molecule has 0 saturated heterocycles. The second-order valence-electron chi connectivity index (χ2n) is 6.24. The van der Waals surface area contributed by atoms with E-state index < -0.39 is 17.8 Å². The van der Waals surface area contributed by atoms with Crippen LogP contribution in [0.2, 0.25) is 0 Å². The smallest absolute Gasteiger partial charge is 0.336 e. The van der Waals surface area contributed by atoms with Gasteiger partial charge in [0.05, 0.1) is 40.5 Å². The Morgan fingerprint density at radius 2 is 2.17 bits per heavy atom. The number of hydrogen-bond acceptors (Lipinski definition) is 8. The number of aromatic nitrogens is 1. The Kier molecular flexibility index (Phi) is 8.70. The van der Waals surface area contributed by atoms with Crippen LogP contribution in [0.1, 0.15) is 31.7 Å². The minimum absolute atomic E-state index is 0.00903. The summed E-state index contributed by atoms with van der Waals surface area (Å²) in [4.78, 5) is 28.2. The molecule has 1 aliphatic rings. The number of nitrogens with zero attached hydrogens (tertiary/aromatic N) is 2. The van der Waals surface area contributed by atoms with Gasteiger partial charge in [-0.15, -0.1) is 0 Å². The van der Waals surface area contributed by atoms with Gasteiger partial charge in [-0.05, 0) is 25.0 Å². The normalized spacial score (nSPS) is 16.2. The van der Waals surface area contributed by atoms with Crippen molar-refractivity contribution in [2.75, 3.05) is 25.6 Å². The van der Waals surface area contributed by atoms with Gasteiger partial charge in [-0.25, -0.2) is 4.79 Å². The fourth-order valence-corrected chi connectivity index (χ4v) is 3.67. The minimum atomic E-state index is -0.658. The van der Waals surface area contributed by atoms with Crippen LogP contribution < -0.4 is 11.1 Å². The van der Waals surface area contributed by atoms with E-state index in [1.165, 1.54) is 0 Å². The van der Waals surface area contributed by atoms with Crippen LogP contribution in [0.4, 0.5) is 0 Å². The van der Waals surface area contributed by atoms with Gasteiger partial charge in [0, 0.05) is 24.7 Å². The third kappa shape index (κ3) is 6.07. The first kappa shape index (κ1) is 22.5. The molecule has 154 valence electrons. The van der Waals surface area contributed by atoms with Crippen molar-refractivity contribution in [3.63, 3.8) is 0 Å². The average molecular weight is 417 g/mol. The number of amides is 1. The number of primary amides is 1. The fourth-order valence-electron chi connectivity index (χ4n) is 2.84. The quantitative estimate of drug-likeness (QED) is 0.438. The Labute approximate surface area is 174 Å². The standard InChI is InChI=1S/C20H24N4O4S/c1-3-7-27-8-9-28-20(26)17-13(2)24-19(29-12-16(22)25)15(10-21)18(17)14-5-4-6-23-11-14/h4-6,11,18,24H,3,7-9,12H2,1-2H3,(H2,22,25)/t18-/m0/s1. The van der Waals surface area contributed by atoms with E-state index in [2.05, 4.69) is 16.4 Å². The topological polar surface area (TPSA) is 127 Å². The molecule has 0 aliphatic carbocycles. The highest BCUT2D eigenvalue weighted by Crippen LogP contribution is 2.40. The number of carbonyl (C=O) groups is 2. The van der Waals surface area contributed by atoms with E-state index >= 15 is 0 Å². The Balaban J connectivity index is 2.33. The average Bonchev–Trinajstić information content (AvgIpc) is 2.71. The molecule has 0 saturated carbocycles. The van der Waals surface area contributed by atoms with Crippen molar-refractivity contribution in [1.29, 1.82) is 5.26 Å². The Morgan fingerprint density at radius 3 is 2.79 bits per heavy atom. The molecule has 0 unspecified atom stereocenters. The number of nitrogens with two attached hydrogens (primary N) is 1. The van der Waals surface area contributed by atoms with Gasteiger partial charge in [0.2, 0.25) is 5.91 Å². The molecule has 1 aliphatic heterocycles. The number of esters is 1. The highest BCUT2D eigenvalue weighted by atomic mass is 32.2. The van der Waals surface area contributed by atoms with Gasteiger partial charge < -0.3 is 20.5 Å². The van der Waals surface area contributed by atoms with Crippen LogP contribution in [0.5, 0.6) is 0 Å². The molecule has 0 spiro atoms. The lowest BCUT2D eigenvalue weighted by molar-refractivity contribution is -0.141. The maximum absolute atomic E-state index is 12.9. The predicted molar refractivity (Wildman–Crippen MR) is 109 cm³/mol. The van der Waals surface area contributed by atoms with Crippen LogP contribution >= 0.6 is 11.8 Å². The van der Waals surface area contributed by atoms with Crippen LogP contribution in [-0.4, -0.2) is 42.4 Å². The van der Waals surface area contributed by atoms with E-state index in [1.54, 1.807) is 31.5 Å². The van der Waals surface area contributed by atoms with Crippen molar-refractivity contribution in [3.8, 4) is 6.07 Å². The summed E-state index contributed by atoms with van der Waals surface area (Å²) >= 11 is 1.13. The SMILES string of the molecule is CCCOCCOC(=O)C1=C(C)NC(SCC(N)=O)=C(C#N)[C@@H]1c1cccnc1. The molecular formula is C20H24N4O4S. The van der Waals surface area contributed by atoms with Gasteiger partial charge in [-0.1, -0.05) is 24.8 Å². The zero-order chi connectivity index (χ0) is 21.2. The lowest BCUT2D eigenvalue weighted by atomic mass is 9.83. The molecule has 1 atom stereocenters. The summed E-state index contributed by atoms with van der Waals surface area (Å²) in [5, 5.41) is 13.4. The summed E-state index contributed by atoms with van der Waals surface area (Å²) in [7, 11) is 0. The number of rotatable bonds is 10. The molecule has 3 N–H and O–H groups in total. The molecule has 1 aromatic rings. The molecule has 0 fully saturated rings. The summed E-state index contributed by atoms with van der Waals surface area (Å²) in [6.45, 7) is 4.74.